The zero-order valence-electron chi connectivity index (χ0n) is 14.2. The Morgan fingerprint density at radius 2 is 1.85 bits per heavy atom. The van der Waals surface area contributed by atoms with Gasteiger partial charge < -0.3 is 10.2 Å². The zero-order chi connectivity index (χ0) is 18.0. The van der Waals surface area contributed by atoms with E-state index in [4.69, 9.17) is 0 Å². The Balaban J connectivity index is 0.00000243. The van der Waals surface area contributed by atoms with Crippen molar-refractivity contribution in [1.29, 1.82) is 0 Å². The van der Waals surface area contributed by atoms with Crippen LogP contribution in [0.4, 0.5) is 8.78 Å². The topological polar surface area (TPSA) is 69.7 Å². The van der Waals surface area contributed by atoms with Crippen LogP contribution in [0.3, 0.4) is 0 Å². The molecule has 1 N–H and O–H groups in total. The van der Waals surface area contributed by atoms with Crippen LogP contribution in [0.5, 0.6) is 0 Å². The average Bonchev–Trinajstić information content (AvgIpc) is 2.61. The molecule has 3 rings (SSSR count). The molecule has 6 nitrogen and oxygen atoms in total. The van der Waals surface area contributed by atoms with Crippen molar-refractivity contribution >= 4 is 28.3 Å². The SMILES string of the molecule is Cl.O=C(C1CCCNC1)N1CCN(S(=O)(=O)c2ccc(F)cc2F)CC1. The third-order valence-corrected chi connectivity index (χ3v) is 6.64. The molecule has 2 saturated heterocycles. The first-order valence-corrected chi connectivity index (χ1v) is 9.78. The normalized spacial score (nSPS) is 21.9. The number of piperidine rings is 1. The van der Waals surface area contributed by atoms with Crippen molar-refractivity contribution in [3.05, 3.63) is 29.8 Å². The second kappa shape index (κ2) is 8.60. The summed E-state index contributed by atoms with van der Waals surface area (Å²) >= 11 is 0. The fourth-order valence-electron chi connectivity index (χ4n) is 3.29. The minimum atomic E-state index is -4.04. The van der Waals surface area contributed by atoms with Gasteiger partial charge in [0.05, 0.1) is 5.92 Å². The summed E-state index contributed by atoms with van der Waals surface area (Å²) in [7, 11) is -4.04. The molecule has 2 heterocycles. The van der Waals surface area contributed by atoms with E-state index in [9.17, 15) is 22.0 Å². The first kappa shape index (κ1) is 21.0. The molecule has 0 bridgehead atoms. The standard InChI is InChI=1S/C16H21F2N3O3S.ClH/c17-13-3-4-15(14(18)10-13)25(23,24)21-8-6-20(7-9-21)16(22)12-2-1-5-19-11-12;/h3-4,10,12,19H,1-2,5-9,11H2;1H. The Kier molecular flexibility index (Phi) is 6.95. The molecule has 0 spiro atoms. The Bertz CT molecular complexity index is 749. The number of piperazine rings is 1. The summed E-state index contributed by atoms with van der Waals surface area (Å²) in [6.45, 7) is 2.32. The summed E-state index contributed by atoms with van der Waals surface area (Å²) in [5.41, 5.74) is 0. The van der Waals surface area contributed by atoms with Crippen LogP contribution in [0.15, 0.2) is 23.1 Å². The van der Waals surface area contributed by atoms with Crippen molar-refractivity contribution in [3.8, 4) is 0 Å². The maximum atomic E-state index is 13.8. The third-order valence-electron chi connectivity index (χ3n) is 4.71. The Labute approximate surface area is 158 Å². The van der Waals surface area contributed by atoms with E-state index in [2.05, 4.69) is 5.32 Å². The van der Waals surface area contributed by atoms with Gasteiger partial charge in [-0.25, -0.2) is 17.2 Å². The summed E-state index contributed by atoms with van der Waals surface area (Å²) in [6.07, 6.45) is 1.79. The molecule has 26 heavy (non-hydrogen) atoms. The molecule has 1 aromatic carbocycles. The van der Waals surface area contributed by atoms with Gasteiger partial charge in [0.15, 0.2) is 0 Å². The Morgan fingerprint density at radius 3 is 2.42 bits per heavy atom. The molecule has 2 aliphatic rings. The van der Waals surface area contributed by atoms with Crippen LogP contribution in [-0.2, 0) is 14.8 Å². The summed E-state index contributed by atoms with van der Waals surface area (Å²) in [5, 5.41) is 3.19. The van der Waals surface area contributed by atoms with Gasteiger partial charge in [-0.3, -0.25) is 4.79 Å². The molecule has 0 aliphatic carbocycles. The van der Waals surface area contributed by atoms with Crippen LogP contribution >= 0.6 is 12.4 Å². The van der Waals surface area contributed by atoms with Gasteiger partial charge in [-0.05, 0) is 31.5 Å². The highest BCUT2D eigenvalue weighted by Gasteiger charge is 2.34. The Hall–Kier alpha value is -1.29. The molecule has 0 radical (unpaired) electrons. The highest BCUT2D eigenvalue weighted by Crippen LogP contribution is 2.22. The fraction of sp³-hybridized carbons (Fsp3) is 0.562. The van der Waals surface area contributed by atoms with Crippen molar-refractivity contribution in [2.45, 2.75) is 17.7 Å². The van der Waals surface area contributed by atoms with E-state index >= 15 is 0 Å². The minimum absolute atomic E-state index is 0. The number of benzene rings is 1. The first-order chi connectivity index (χ1) is 11.9. The third kappa shape index (κ3) is 4.33. The Morgan fingerprint density at radius 1 is 1.15 bits per heavy atom. The van der Waals surface area contributed by atoms with Crippen molar-refractivity contribution in [2.75, 3.05) is 39.3 Å². The lowest BCUT2D eigenvalue weighted by Crippen LogP contribution is -2.53. The molecule has 0 saturated carbocycles. The highest BCUT2D eigenvalue weighted by atomic mass is 35.5. The van der Waals surface area contributed by atoms with E-state index in [1.165, 1.54) is 0 Å². The monoisotopic (exact) mass is 409 g/mol. The summed E-state index contributed by atoms with van der Waals surface area (Å²) in [4.78, 5) is 13.6. The number of carbonyl (C=O) groups is 1. The van der Waals surface area contributed by atoms with E-state index in [0.29, 0.717) is 12.6 Å². The molecular formula is C16H22ClF2N3O3S. The summed E-state index contributed by atoms with van der Waals surface area (Å²) in [6, 6.07) is 2.42. The number of nitrogens with zero attached hydrogens (tertiary/aromatic N) is 2. The second-order valence-corrected chi connectivity index (χ2v) is 8.25. The molecule has 10 heteroatoms. The molecule has 2 fully saturated rings. The molecule has 146 valence electrons. The zero-order valence-corrected chi connectivity index (χ0v) is 15.8. The van der Waals surface area contributed by atoms with Gasteiger partial charge in [0.1, 0.15) is 16.5 Å². The number of amides is 1. The molecule has 1 aromatic rings. The maximum absolute atomic E-state index is 13.8. The lowest BCUT2D eigenvalue weighted by atomic mass is 9.98. The number of rotatable bonds is 3. The van der Waals surface area contributed by atoms with Gasteiger partial charge in [-0.2, -0.15) is 4.31 Å². The summed E-state index contributed by atoms with van der Waals surface area (Å²) in [5.74, 6) is -1.96. The lowest BCUT2D eigenvalue weighted by Gasteiger charge is -2.36. The smallest absolute Gasteiger partial charge is 0.246 e. The molecule has 1 unspecified atom stereocenters. The predicted molar refractivity (Wildman–Crippen MR) is 94.5 cm³/mol. The van der Waals surface area contributed by atoms with Crippen LogP contribution < -0.4 is 5.32 Å². The number of nitrogens with one attached hydrogen (secondary N) is 1. The van der Waals surface area contributed by atoms with E-state index in [0.717, 1.165) is 35.8 Å². The summed E-state index contributed by atoms with van der Waals surface area (Å²) < 4.78 is 53.1. The fourth-order valence-corrected chi connectivity index (χ4v) is 4.76. The van der Waals surface area contributed by atoms with Crippen LogP contribution in [-0.4, -0.2) is 62.8 Å². The number of sulfonamides is 1. The van der Waals surface area contributed by atoms with Gasteiger partial charge in [0, 0.05) is 38.8 Å². The number of hydrogen-bond donors (Lipinski definition) is 1. The van der Waals surface area contributed by atoms with Crippen molar-refractivity contribution in [2.24, 2.45) is 5.92 Å². The first-order valence-electron chi connectivity index (χ1n) is 8.34. The highest BCUT2D eigenvalue weighted by molar-refractivity contribution is 7.89. The largest absolute Gasteiger partial charge is 0.340 e. The number of halogens is 3. The van der Waals surface area contributed by atoms with Crippen LogP contribution in [0.1, 0.15) is 12.8 Å². The van der Waals surface area contributed by atoms with Crippen molar-refractivity contribution < 1.29 is 22.0 Å². The quantitative estimate of drug-likeness (QED) is 0.815. The van der Waals surface area contributed by atoms with Crippen LogP contribution in [0.2, 0.25) is 0 Å². The molecule has 1 amide bonds. The minimum Gasteiger partial charge on any atom is -0.340 e. The van der Waals surface area contributed by atoms with E-state index in [1.807, 2.05) is 0 Å². The maximum Gasteiger partial charge on any atom is 0.246 e. The molecule has 1 atom stereocenters. The number of hydrogen-bond acceptors (Lipinski definition) is 4. The molecule has 0 aromatic heterocycles. The molecular weight excluding hydrogens is 388 g/mol. The van der Waals surface area contributed by atoms with E-state index in [-0.39, 0.29) is 50.4 Å². The second-order valence-electron chi connectivity index (χ2n) is 6.35. The van der Waals surface area contributed by atoms with Gasteiger partial charge in [-0.15, -0.1) is 12.4 Å². The number of carbonyl (C=O) groups excluding carboxylic acids is 1. The average molecular weight is 410 g/mol. The van der Waals surface area contributed by atoms with Crippen LogP contribution in [0, 0.1) is 17.6 Å². The van der Waals surface area contributed by atoms with E-state index in [1.54, 1.807) is 4.90 Å². The van der Waals surface area contributed by atoms with Gasteiger partial charge in [0.25, 0.3) is 0 Å². The van der Waals surface area contributed by atoms with Gasteiger partial charge in [0.2, 0.25) is 15.9 Å². The van der Waals surface area contributed by atoms with E-state index < -0.39 is 26.6 Å². The van der Waals surface area contributed by atoms with Gasteiger partial charge in [-0.1, -0.05) is 0 Å². The lowest BCUT2D eigenvalue weighted by molar-refractivity contribution is -0.137. The predicted octanol–water partition coefficient (Wildman–Crippen LogP) is 1.22. The molecule has 2 aliphatic heterocycles. The van der Waals surface area contributed by atoms with Crippen molar-refractivity contribution in [1.82, 2.24) is 14.5 Å². The van der Waals surface area contributed by atoms with Crippen molar-refractivity contribution in [3.63, 3.8) is 0 Å². The van der Waals surface area contributed by atoms with Crippen LogP contribution in [0.25, 0.3) is 0 Å². The van der Waals surface area contributed by atoms with Gasteiger partial charge >= 0.3 is 0 Å².